The minimum Gasteiger partial charge on any atom is -0.371 e. The Bertz CT molecular complexity index is 431. The van der Waals surface area contributed by atoms with Gasteiger partial charge in [-0.3, -0.25) is 0 Å². The summed E-state index contributed by atoms with van der Waals surface area (Å²) in [5, 5.41) is 2.04. The van der Waals surface area contributed by atoms with Crippen molar-refractivity contribution in [1.29, 1.82) is 0 Å². The van der Waals surface area contributed by atoms with Crippen LogP contribution in [-0.2, 0) is 18.0 Å². The Morgan fingerprint density at radius 1 is 1.38 bits per heavy atom. The van der Waals surface area contributed by atoms with E-state index in [9.17, 15) is 0 Å². The number of thiophene rings is 1. The smallest absolute Gasteiger partial charge is 0.140 e. The zero-order valence-corrected chi connectivity index (χ0v) is 9.54. The second kappa shape index (κ2) is 5.60. The fraction of sp³-hybridized carbons (Fsp3) is 0.182. The van der Waals surface area contributed by atoms with Crippen molar-refractivity contribution in [2.24, 2.45) is 5.84 Å². The van der Waals surface area contributed by atoms with E-state index < -0.39 is 0 Å². The molecule has 2 aromatic heterocycles. The van der Waals surface area contributed by atoms with Gasteiger partial charge in [0.2, 0.25) is 0 Å². The number of hydrazine groups is 1. The molecule has 5 heteroatoms. The molecular weight excluding hydrogens is 222 g/mol. The second-order valence-corrected chi connectivity index (χ2v) is 4.30. The lowest BCUT2D eigenvalue weighted by atomic mass is 10.3. The van der Waals surface area contributed by atoms with Crippen LogP contribution in [-0.4, -0.2) is 4.98 Å². The molecule has 84 valence electrons. The molecule has 0 aliphatic rings. The Morgan fingerprint density at radius 3 is 3.06 bits per heavy atom. The summed E-state index contributed by atoms with van der Waals surface area (Å²) < 4.78 is 5.58. The summed E-state index contributed by atoms with van der Waals surface area (Å²) in [5.74, 6) is 5.92. The van der Waals surface area contributed by atoms with E-state index >= 15 is 0 Å². The third-order valence-electron chi connectivity index (χ3n) is 2.07. The number of rotatable bonds is 5. The number of nitrogen functional groups attached to an aromatic ring is 1. The SMILES string of the molecule is NNc1cc(COCc2cccs2)ccn1. The highest BCUT2D eigenvalue weighted by molar-refractivity contribution is 7.09. The highest BCUT2D eigenvalue weighted by Gasteiger charge is 1.97. The molecule has 0 aromatic carbocycles. The van der Waals surface area contributed by atoms with Crippen LogP contribution in [0.25, 0.3) is 0 Å². The van der Waals surface area contributed by atoms with Crippen molar-refractivity contribution >= 4 is 17.2 Å². The first-order chi connectivity index (χ1) is 7.88. The summed E-state index contributed by atoms with van der Waals surface area (Å²) in [6.45, 7) is 1.21. The number of anilines is 1. The maximum absolute atomic E-state index is 5.58. The molecule has 0 saturated carbocycles. The van der Waals surface area contributed by atoms with E-state index in [1.165, 1.54) is 4.88 Å². The van der Waals surface area contributed by atoms with Crippen molar-refractivity contribution in [2.45, 2.75) is 13.2 Å². The first-order valence-corrected chi connectivity index (χ1v) is 5.78. The number of hydrogen-bond acceptors (Lipinski definition) is 5. The number of ether oxygens (including phenoxy) is 1. The van der Waals surface area contributed by atoms with Crippen LogP contribution in [0.15, 0.2) is 35.8 Å². The van der Waals surface area contributed by atoms with Crippen LogP contribution >= 0.6 is 11.3 Å². The Morgan fingerprint density at radius 2 is 2.31 bits per heavy atom. The lowest BCUT2D eigenvalue weighted by Crippen LogP contribution is -2.08. The molecular formula is C11H13N3OS. The molecule has 0 unspecified atom stereocenters. The summed E-state index contributed by atoms with van der Waals surface area (Å²) in [5.41, 5.74) is 3.56. The summed E-state index contributed by atoms with van der Waals surface area (Å²) >= 11 is 1.70. The summed E-state index contributed by atoms with van der Waals surface area (Å²) in [4.78, 5) is 5.25. The van der Waals surface area contributed by atoms with Crippen LogP contribution < -0.4 is 11.3 Å². The van der Waals surface area contributed by atoms with Crippen LogP contribution in [0.2, 0.25) is 0 Å². The molecule has 0 amide bonds. The maximum atomic E-state index is 5.58. The first-order valence-electron chi connectivity index (χ1n) is 4.90. The van der Waals surface area contributed by atoms with E-state index in [1.54, 1.807) is 17.5 Å². The molecule has 0 fully saturated rings. The number of hydrogen-bond donors (Lipinski definition) is 2. The van der Waals surface area contributed by atoms with Gasteiger partial charge in [0.25, 0.3) is 0 Å². The average molecular weight is 235 g/mol. The average Bonchev–Trinajstić information content (AvgIpc) is 2.82. The standard InChI is InChI=1S/C11H13N3OS/c12-14-11-6-9(3-4-13-11)7-15-8-10-2-1-5-16-10/h1-6H,7-8,12H2,(H,13,14). The van der Waals surface area contributed by atoms with Gasteiger partial charge in [-0.2, -0.15) is 0 Å². The van der Waals surface area contributed by atoms with Crippen molar-refractivity contribution in [3.05, 3.63) is 46.3 Å². The van der Waals surface area contributed by atoms with E-state index in [4.69, 9.17) is 10.6 Å². The molecule has 0 radical (unpaired) electrons. The van der Waals surface area contributed by atoms with Gasteiger partial charge >= 0.3 is 0 Å². The topological polar surface area (TPSA) is 60.2 Å². The van der Waals surface area contributed by atoms with E-state index in [1.807, 2.05) is 23.6 Å². The molecule has 3 N–H and O–H groups in total. The largest absolute Gasteiger partial charge is 0.371 e. The molecule has 2 aromatic rings. The van der Waals surface area contributed by atoms with Gasteiger partial charge in [0.05, 0.1) is 13.2 Å². The van der Waals surface area contributed by atoms with E-state index in [0.29, 0.717) is 19.0 Å². The van der Waals surface area contributed by atoms with E-state index in [0.717, 1.165) is 5.56 Å². The lowest BCUT2D eigenvalue weighted by molar-refractivity contribution is 0.109. The highest BCUT2D eigenvalue weighted by Crippen LogP contribution is 2.12. The molecule has 0 aliphatic carbocycles. The molecule has 0 saturated heterocycles. The maximum Gasteiger partial charge on any atom is 0.140 e. The van der Waals surface area contributed by atoms with Gasteiger partial charge in [-0.05, 0) is 29.1 Å². The van der Waals surface area contributed by atoms with Gasteiger partial charge in [-0.25, -0.2) is 10.8 Å². The molecule has 0 bridgehead atoms. The quantitative estimate of drug-likeness (QED) is 0.616. The fourth-order valence-corrected chi connectivity index (χ4v) is 1.95. The zero-order valence-electron chi connectivity index (χ0n) is 8.72. The summed E-state index contributed by atoms with van der Waals surface area (Å²) in [7, 11) is 0. The molecule has 16 heavy (non-hydrogen) atoms. The molecule has 2 rings (SSSR count). The minimum absolute atomic E-state index is 0.565. The fourth-order valence-electron chi connectivity index (χ4n) is 1.31. The number of nitrogens with two attached hydrogens (primary N) is 1. The first kappa shape index (κ1) is 11.1. The Hall–Kier alpha value is -1.43. The molecule has 0 spiro atoms. The van der Waals surface area contributed by atoms with Gasteiger partial charge in [0.15, 0.2) is 0 Å². The second-order valence-electron chi connectivity index (χ2n) is 3.27. The number of nitrogens with zero attached hydrogens (tertiary/aromatic N) is 1. The normalized spacial score (nSPS) is 10.3. The number of nitrogens with one attached hydrogen (secondary N) is 1. The summed E-state index contributed by atoms with van der Waals surface area (Å²) in [6, 6.07) is 7.86. The van der Waals surface area contributed by atoms with E-state index in [-0.39, 0.29) is 0 Å². The summed E-state index contributed by atoms with van der Waals surface area (Å²) in [6.07, 6.45) is 1.71. The number of aromatic nitrogens is 1. The molecule has 0 aliphatic heterocycles. The Balaban J connectivity index is 1.85. The van der Waals surface area contributed by atoms with Crippen LogP contribution in [0.3, 0.4) is 0 Å². The monoisotopic (exact) mass is 235 g/mol. The predicted molar refractivity (Wildman–Crippen MR) is 64.9 cm³/mol. The molecule has 0 atom stereocenters. The van der Waals surface area contributed by atoms with Crippen molar-refractivity contribution in [3.63, 3.8) is 0 Å². The van der Waals surface area contributed by atoms with Crippen molar-refractivity contribution in [1.82, 2.24) is 4.98 Å². The Kier molecular flexibility index (Phi) is 3.87. The zero-order chi connectivity index (χ0) is 11.2. The van der Waals surface area contributed by atoms with Crippen LogP contribution in [0, 0.1) is 0 Å². The Labute approximate surface area is 98.1 Å². The third-order valence-corrected chi connectivity index (χ3v) is 2.92. The van der Waals surface area contributed by atoms with Gasteiger partial charge in [0, 0.05) is 11.1 Å². The lowest BCUT2D eigenvalue weighted by Gasteiger charge is -2.04. The van der Waals surface area contributed by atoms with Crippen molar-refractivity contribution in [3.8, 4) is 0 Å². The van der Waals surface area contributed by atoms with E-state index in [2.05, 4.69) is 16.5 Å². The third kappa shape index (κ3) is 3.03. The van der Waals surface area contributed by atoms with Crippen LogP contribution in [0.1, 0.15) is 10.4 Å². The van der Waals surface area contributed by atoms with Crippen molar-refractivity contribution < 1.29 is 4.74 Å². The van der Waals surface area contributed by atoms with Gasteiger partial charge in [0.1, 0.15) is 5.82 Å². The predicted octanol–water partition coefficient (Wildman–Crippen LogP) is 2.15. The highest BCUT2D eigenvalue weighted by atomic mass is 32.1. The van der Waals surface area contributed by atoms with Crippen LogP contribution in [0.4, 0.5) is 5.82 Å². The molecule has 2 heterocycles. The van der Waals surface area contributed by atoms with Crippen molar-refractivity contribution in [2.75, 3.05) is 5.43 Å². The molecule has 4 nitrogen and oxygen atoms in total. The number of pyridine rings is 1. The minimum atomic E-state index is 0.565. The van der Waals surface area contributed by atoms with Gasteiger partial charge in [-0.15, -0.1) is 11.3 Å². The van der Waals surface area contributed by atoms with Gasteiger partial charge < -0.3 is 10.2 Å². The van der Waals surface area contributed by atoms with Gasteiger partial charge in [-0.1, -0.05) is 6.07 Å². The van der Waals surface area contributed by atoms with Crippen LogP contribution in [0.5, 0.6) is 0 Å².